The normalized spacial score (nSPS) is 13.0. The van der Waals surface area contributed by atoms with Gasteiger partial charge in [0.15, 0.2) is 0 Å². The molecule has 3 heteroatoms. The summed E-state index contributed by atoms with van der Waals surface area (Å²) in [5.74, 6) is 0. The second kappa shape index (κ2) is 7.39. The molecule has 0 bridgehead atoms. The van der Waals surface area contributed by atoms with Crippen LogP contribution in [0.5, 0.6) is 0 Å². The highest BCUT2D eigenvalue weighted by Gasteiger charge is 2.15. The number of ether oxygens (including phenoxy) is 1. The van der Waals surface area contributed by atoms with Gasteiger partial charge in [0.1, 0.15) is 0 Å². The van der Waals surface area contributed by atoms with Gasteiger partial charge in [0.05, 0.1) is 6.61 Å². The van der Waals surface area contributed by atoms with Crippen LogP contribution >= 0.6 is 0 Å². The van der Waals surface area contributed by atoms with Crippen LogP contribution in [0, 0.1) is 0 Å². The van der Waals surface area contributed by atoms with E-state index in [9.17, 15) is 0 Å². The largest absolute Gasteiger partial charge is 0.396 e. The van der Waals surface area contributed by atoms with Gasteiger partial charge in [0.2, 0.25) is 0 Å². The second-order valence-corrected chi connectivity index (χ2v) is 3.91. The molecule has 1 aromatic carbocycles. The number of benzene rings is 1. The van der Waals surface area contributed by atoms with Crippen LogP contribution in [0.15, 0.2) is 30.3 Å². The summed E-state index contributed by atoms with van der Waals surface area (Å²) in [6.07, 6.45) is 0.754. The van der Waals surface area contributed by atoms with Crippen LogP contribution in [0.25, 0.3) is 0 Å². The number of hydrogen-bond donors (Lipinski definition) is 1. The number of nitrogens with zero attached hydrogens (tertiary/aromatic N) is 1. The average molecular weight is 223 g/mol. The van der Waals surface area contributed by atoms with Crippen LogP contribution in [0.3, 0.4) is 0 Å². The van der Waals surface area contributed by atoms with Gasteiger partial charge in [-0.25, -0.2) is 0 Å². The standard InChI is InChI=1S/C13H21NO2/c1-14(9-11-16-2)13(8-10-15)12-6-4-3-5-7-12/h3-7,13,15H,8-11H2,1-2H3. The van der Waals surface area contributed by atoms with Gasteiger partial charge in [-0.1, -0.05) is 30.3 Å². The molecule has 0 heterocycles. The summed E-state index contributed by atoms with van der Waals surface area (Å²) >= 11 is 0. The molecule has 1 N–H and O–H groups in total. The van der Waals surface area contributed by atoms with Gasteiger partial charge < -0.3 is 9.84 Å². The molecule has 0 amide bonds. The van der Waals surface area contributed by atoms with Crippen molar-refractivity contribution in [3.05, 3.63) is 35.9 Å². The lowest BCUT2D eigenvalue weighted by atomic mass is 10.0. The average Bonchev–Trinajstić information content (AvgIpc) is 2.34. The van der Waals surface area contributed by atoms with Crippen molar-refractivity contribution in [2.24, 2.45) is 0 Å². The molecular formula is C13H21NO2. The number of likely N-dealkylation sites (N-methyl/N-ethyl adjacent to an activating group) is 1. The molecule has 0 saturated heterocycles. The van der Waals surface area contributed by atoms with Gasteiger partial charge in [-0.3, -0.25) is 4.90 Å². The lowest BCUT2D eigenvalue weighted by molar-refractivity contribution is 0.125. The summed E-state index contributed by atoms with van der Waals surface area (Å²) in [6, 6.07) is 10.5. The molecule has 1 unspecified atom stereocenters. The van der Waals surface area contributed by atoms with Gasteiger partial charge in [-0.2, -0.15) is 0 Å². The van der Waals surface area contributed by atoms with Crippen molar-refractivity contribution in [3.63, 3.8) is 0 Å². The molecule has 0 spiro atoms. The van der Waals surface area contributed by atoms with Gasteiger partial charge >= 0.3 is 0 Å². The van der Waals surface area contributed by atoms with Crippen LogP contribution in [-0.2, 0) is 4.74 Å². The number of rotatable bonds is 7. The van der Waals surface area contributed by atoms with Crippen molar-refractivity contribution in [1.82, 2.24) is 4.90 Å². The zero-order chi connectivity index (χ0) is 11.8. The topological polar surface area (TPSA) is 32.7 Å². The molecule has 3 nitrogen and oxygen atoms in total. The molecule has 0 aliphatic rings. The van der Waals surface area contributed by atoms with E-state index >= 15 is 0 Å². The lowest BCUT2D eigenvalue weighted by Gasteiger charge is -2.27. The second-order valence-electron chi connectivity index (χ2n) is 3.91. The fourth-order valence-electron chi connectivity index (χ4n) is 1.83. The SMILES string of the molecule is COCCN(C)C(CCO)c1ccccc1. The van der Waals surface area contributed by atoms with Crippen LogP contribution in [0.1, 0.15) is 18.0 Å². The van der Waals surface area contributed by atoms with Crippen molar-refractivity contribution in [1.29, 1.82) is 0 Å². The van der Waals surface area contributed by atoms with E-state index in [4.69, 9.17) is 9.84 Å². The minimum Gasteiger partial charge on any atom is -0.396 e. The Bertz CT molecular complexity index is 277. The summed E-state index contributed by atoms with van der Waals surface area (Å²) in [5.41, 5.74) is 1.25. The maximum atomic E-state index is 9.11. The van der Waals surface area contributed by atoms with Crippen molar-refractivity contribution in [2.75, 3.05) is 33.9 Å². The summed E-state index contributed by atoms with van der Waals surface area (Å²) < 4.78 is 5.07. The summed E-state index contributed by atoms with van der Waals surface area (Å²) in [5, 5.41) is 9.11. The quantitative estimate of drug-likeness (QED) is 0.763. The van der Waals surface area contributed by atoms with Crippen LogP contribution in [0.4, 0.5) is 0 Å². The molecule has 1 rings (SSSR count). The highest BCUT2D eigenvalue weighted by molar-refractivity contribution is 5.18. The van der Waals surface area contributed by atoms with E-state index in [0.29, 0.717) is 6.61 Å². The lowest BCUT2D eigenvalue weighted by Crippen LogP contribution is -2.28. The summed E-state index contributed by atoms with van der Waals surface area (Å²) in [4.78, 5) is 2.22. The van der Waals surface area contributed by atoms with Crippen molar-refractivity contribution < 1.29 is 9.84 Å². The van der Waals surface area contributed by atoms with Crippen LogP contribution in [0.2, 0.25) is 0 Å². The number of methoxy groups -OCH3 is 1. The predicted octanol–water partition coefficient (Wildman–Crippen LogP) is 1.69. The first-order chi connectivity index (χ1) is 7.79. The van der Waals surface area contributed by atoms with E-state index in [0.717, 1.165) is 13.0 Å². The van der Waals surface area contributed by atoms with E-state index in [1.165, 1.54) is 5.56 Å². The van der Waals surface area contributed by atoms with E-state index in [2.05, 4.69) is 24.1 Å². The fraction of sp³-hybridized carbons (Fsp3) is 0.538. The minimum absolute atomic E-state index is 0.205. The molecule has 0 aliphatic carbocycles. The van der Waals surface area contributed by atoms with Gasteiger partial charge in [-0.05, 0) is 19.0 Å². The molecule has 0 aromatic heterocycles. The third-order valence-electron chi connectivity index (χ3n) is 2.77. The highest BCUT2D eigenvalue weighted by Crippen LogP contribution is 2.22. The Kier molecular flexibility index (Phi) is 6.08. The molecule has 16 heavy (non-hydrogen) atoms. The highest BCUT2D eigenvalue weighted by atomic mass is 16.5. The molecule has 0 fully saturated rings. The number of aliphatic hydroxyl groups excluding tert-OH is 1. The zero-order valence-electron chi connectivity index (χ0n) is 10.1. The first kappa shape index (κ1) is 13.2. The Balaban J connectivity index is 2.66. The van der Waals surface area contributed by atoms with E-state index in [-0.39, 0.29) is 12.6 Å². The Morgan fingerprint density at radius 1 is 1.31 bits per heavy atom. The van der Waals surface area contributed by atoms with Crippen molar-refractivity contribution in [3.8, 4) is 0 Å². The molecule has 90 valence electrons. The van der Waals surface area contributed by atoms with Crippen LogP contribution < -0.4 is 0 Å². The Morgan fingerprint density at radius 2 is 2.00 bits per heavy atom. The molecule has 1 aromatic rings. The molecule has 1 atom stereocenters. The first-order valence-corrected chi connectivity index (χ1v) is 5.64. The van der Waals surface area contributed by atoms with Gasteiger partial charge in [0, 0.05) is 26.3 Å². The van der Waals surface area contributed by atoms with Crippen molar-refractivity contribution >= 4 is 0 Å². The van der Waals surface area contributed by atoms with E-state index in [1.807, 2.05) is 18.2 Å². The Labute approximate surface area is 97.7 Å². The number of hydrogen-bond acceptors (Lipinski definition) is 3. The first-order valence-electron chi connectivity index (χ1n) is 5.64. The molecular weight excluding hydrogens is 202 g/mol. The van der Waals surface area contributed by atoms with E-state index in [1.54, 1.807) is 7.11 Å². The zero-order valence-corrected chi connectivity index (χ0v) is 10.1. The third-order valence-corrected chi connectivity index (χ3v) is 2.77. The smallest absolute Gasteiger partial charge is 0.0589 e. The fourth-order valence-corrected chi connectivity index (χ4v) is 1.83. The maximum absolute atomic E-state index is 9.11. The van der Waals surface area contributed by atoms with Gasteiger partial charge in [0.25, 0.3) is 0 Å². The molecule has 0 aliphatic heterocycles. The maximum Gasteiger partial charge on any atom is 0.0589 e. The molecule has 0 radical (unpaired) electrons. The summed E-state index contributed by atoms with van der Waals surface area (Å²) in [7, 11) is 3.77. The van der Waals surface area contributed by atoms with Crippen LogP contribution in [-0.4, -0.2) is 43.9 Å². The predicted molar refractivity (Wildman–Crippen MR) is 65.4 cm³/mol. The number of aliphatic hydroxyl groups is 1. The minimum atomic E-state index is 0.205. The summed E-state index contributed by atoms with van der Waals surface area (Å²) in [6.45, 7) is 1.79. The van der Waals surface area contributed by atoms with E-state index < -0.39 is 0 Å². The van der Waals surface area contributed by atoms with Crippen molar-refractivity contribution in [2.45, 2.75) is 12.5 Å². The molecule has 0 saturated carbocycles. The Morgan fingerprint density at radius 3 is 2.56 bits per heavy atom. The Hall–Kier alpha value is -0.900. The monoisotopic (exact) mass is 223 g/mol. The third kappa shape index (κ3) is 3.93. The van der Waals surface area contributed by atoms with Gasteiger partial charge in [-0.15, -0.1) is 0 Å².